The Morgan fingerprint density at radius 2 is 2.14 bits per heavy atom. The number of nitrogens with zero attached hydrogens (tertiary/aromatic N) is 1. The van der Waals surface area contributed by atoms with Gasteiger partial charge < -0.3 is 11.1 Å². The van der Waals surface area contributed by atoms with Crippen LogP contribution in [0.4, 0.5) is 0 Å². The number of thiocarbonyl (C=S) groups is 1. The van der Waals surface area contributed by atoms with E-state index in [2.05, 4.69) is 5.32 Å². The van der Waals surface area contributed by atoms with Gasteiger partial charge in [0.25, 0.3) is 0 Å². The zero-order valence-electron chi connectivity index (χ0n) is 11.0. The lowest BCUT2D eigenvalue weighted by atomic mass is 10.2. The number of benzene rings is 1. The number of hydrogen-bond donors (Lipinski definition) is 2. The lowest BCUT2D eigenvalue weighted by Crippen LogP contribution is -2.37. The van der Waals surface area contributed by atoms with Gasteiger partial charge in [-0.1, -0.05) is 29.9 Å². The van der Waals surface area contributed by atoms with Gasteiger partial charge in [-0.25, -0.2) is 8.42 Å². The number of nitrogens with one attached hydrogen (secondary N) is 1. The Balaban J connectivity index is 2.39. The Morgan fingerprint density at radius 3 is 2.76 bits per heavy atom. The molecule has 0 unspecified atom stereocenters. The molecule has 3 N–H and O–H groups in total. The number of rotatable bonds is 3. The Bertz CT molecular complexity index is 691. The third-order valence-corrected chi connectivity index (χ3v) is 5.62. The Labute approximate surface area is 133 Å². The van der Waals surface area contributed by atoms with Crippen molar-refractivity contribution in [2.45, 2.75) is 11.3 Å². The number of halogens is 1. The molecule has 1 amide bonds. The van der Waals surface area contributed by atoms with E-state index in [0.29, 0.717) is 18.5 Å². The van der Waals surface area contributed by atoms with Gasteiger partial charge in [-0.3, -0.25) is 4.79 Å². The van der Waals surface area contributed by atoms with Crippen LogP contribution in [-0.4, -0.2) is 43.3 Å². The maximum Gasteiger partial charge on any atom is 0.245 e. The zero-order chi connectivity index (χ0) is 15.6. The maximum absolute atomic E-state index is 12.6. The molecule has 1 aliphatic rings. The van der Waals surface area contributed by atoms with E-state index in [4.69, 9.17) is 29.6 Å². The Kier molecular flexibility index (Phi) is 4.82. The van der Waals surface area contributed by atoms with Crippen LogP contribution >= 0.6 is 23.8 Å². The lowest BCUT2D eigenvalue weighted by Gasteiger charge is -2.19. The summed E-state index contributed by atoms with van der Waals surface area (Å²) in [5.41, 5.74) is 5.97. The van der Waals surface area contributed by atoms with Crippen molar-refractivity contribution in [2.75, 3.05) is 19.6 Å². The monoisotopic (exact) mass is 347 g/mol. The molecule has 1 heterocycles. The highest BCUT2D eigenvalue weighted by Crippen LogP contribution is 2.26. The number of amides is 1. The minimum atomic E-state index is -3.83. The molecule has 6 nitrogen and oxygen atoms in total. The maximum atomic E-state index is 12.6. The van der Waals surface area contributed by atoms with Crippen molar-refractivity contribution in [2.24, 2.45) is 5.73 Å². The predicted octanol–water partition coefficient (Wildman–Crippen LogP) is 0.485. The van der Waals surface area contributed by atoms with Crippen LogP contribution in [0, 0.1) is 0 Å². The predicted molar refractivity (Wildman–Crippen MR) is 83.7 cm³/mol. The van der Waals surface area contributed by atoms with E-state index < -0.39 is 10.0 Å². The average molecular weight is 348 g/mol. The molecular weight excluding hydrogens is 334 g/mol. The molecule has 0 spiro atoms. The molecule has 0 atom stereocenters. The fraction of sp³-hybridized carbons (Fsp3) is 0.333. The van der Waals surface area contributed by atoms with Gasteiger partial charge in [0.1, 0.15) is 9.88 Å². The molecule has 1 saturated heterocycles. The largest absolute Gasteiger partial charge is 0.389 e. The first-order valence-electron chi connectivity index (χ1n) is 6.18. The van der Waals surface area contributed by atoms with Gasteiger partial charge in [-0.2, -0.15) is 4.31 Å². The minimum Gasteiger partial charge on any atom is -0.389 e. The van der Waals surface area contributed by atoms with Crippen LogP contribution in [0.25, 0.3) is 0 Å². The summed E-state index contributed by atoms with van der Waals surface area (Å²) in [6.07, 6.45) is 0.549. The summed E-state index contributed by atoms with van der Waals surface area (Å²) in [5.74, 6) is -0.327. The Hall–Kier alpha value is -1.22. The van der Waals surface area contributed by atoms with Gasteiger partial charge in [0, 0.05) is 18.7 Å². The summed E-state index contributed by atoms with van der Waals surface area (Å²) < 4.78 is 26.3. The fourth-order valence-electron chi connectivity index (χ4n) is 1.99. The van der Waals surface area contributed by atoms with E-state index in [1.54, 1.807) is 0 Å². The summed E-state index contributed by atoms with van der Waals surface area (Å²) in [6, 6.07) is 4.27. The van der Waals surface area contributed by atoms with Crippen LogP contribution in [0.5, 0.6) is 0 Å². The molecule has 21 heavy (non-hydrogen) atoms. The van der Waals surface area contributed by atoms with Crippen molar-refractivity contribution in [1.82, 2.24) is 9.62 Å². The number of carbonyl (C=O) groups is 1. The third kappa shape index (κ3) is 3.52. The molecule has 1 aromatic rings. The van der Waals surface area contributed by atoms with Crippen LogP contribution in [0.3, 0.4) is 0 Å². The highest BCUT2D eigenvalue weighted by molar-refractivity contribution is 7.89. The molecule has 1 aromatic carbocycles. The summed E-state index contributed by atoms with van der Waals surface area (Å²) in [4.78, 5) is 11.6. The number of nitrogens with two attached hydrogens (primary N) is 1. The lowest BCUT2D eigenvalue weighted by molar-refractivity contribution is -0.120. The highest BCUT2D eigenvalue weighted by atomic mass is 35.5. The summed E-state index contributed by atoms with van der Waals surface area (Å²) >= 11 is 10.9. The van der Waals surface area contributed by atoms with Gasteiger partial charge in [0.15, 0.2) is 0 Å². The molecule has 0 saturated carbocycles. The summed E-state index contributed by atoms with van der Waals surface area (Å²) in [7, 11) is -3.83. The fourth-order valence-corrected chi connectivity index (χ4v) is 4.07. The van der Waals surface area contributed by atoms with E-state index in [1.165, 1.54) is 18.2 Å². The smallest absolute Gasteiger partial charge is 0.245 e. The van der Waals surface area contributed by atoms with Gasteiger partial charge in [-0.15, -0.1) is 0 Å². The standard InChI is InChI=1S/C12H14ClN3O3S2/c13-9-6-8(12(14)20)2-3-10(9)21(18,19)16-5-1-4-15-11(17)7-16/h2-3,6H,1,4-5,7H2,(H2,14,20)(H,15,17). The van der Waals surface area contributed by atoms with Crippen LogP contribution in [0.1, 0.15) is 12.0 Å². The molecule has 2 rings (SSSR count). The normalized spacial score (nSPS) is 17.1. The zero-order valence-corrected chi connectivity index (χ0v) is 13.4. The van der Waals surface area contributed by atoms with Gasteiger partial charge >= 0.3 is 0 Å². The van der Waals surface area contributed by atoms with E-state index >= 15 is 0 Å². The molecule has 1 aliphatic heterocycles. The number of carbonyl (C=O) groups excluding carboxylic acids is 1. The van der Waals surface area contributed by atoms with Crippen molar-refractivity contribution in [3.8, 4) is 0 Å². The SMILES string of the molecule is NC(=S)c1ccc(S(=O)(=O)N2CCCNC(=O)C2)c(Cl)c1. The van der Waals surface area contributed by atoms with Crippen molar-refractivity contribution in [1.29, 1.82) is 0 Å². The van der Waals surface area contributed by atoms with Crippen molar-refractivity contribution in [3.05, 3.63) is 28.8 Å². The molecule has 0 aromatic heterocycles. The first kappa shape index (κ1) is 16.2. The molecule has 0 bridgehead atoms. The van der Waals surface area contributed by atoms with Crippen LogP contribution in [-0.2, 0) is 14.8 Å². The quantitative estimate of drug-likeness (QED) is 0.776. The first-order valence-corrected chi connectivity index (χ1v) is 8.41. The molecule has 0 radical (unpaired) electrons. The van der Waals surface area contributed by atoms with E-state index in [0.717, 1.165) is 4.31 Å². The molecule has 9 heteroatoms. The van der Waals surface area contributed by atoms with Crippen molar-refractivity contribution < 1.29 is 13.2 Å². The minimum absolute atomic E-state index is 0.0324. The summed E-state index contributed by atoms with van der Waals surface area (Å²) in [6.45, 7) is 0.503. The van der Waals surface area contributed by atoms with E-state index in [9.17, 15) is 13.2 Å². The molecule has 114 valence electrons. The second-order valence-electron chi connectivity index (χ2n) is 4.55. The molecular formula is C12H14ClN3O3S2. The average Bonchev–Trinajstić information content (AvgIpc) is 2.63. The van der Waals surface area contributed by atoms with Crippen LogP contribution < -0.4 is 11.1 Å². The van der Waals surface area contributed by atoms with Crippen LogP contribution in [0.2, 0.25) is 5.02 Å². The van der Waals surface area contributed by atoms with E-state index in [-0.39, 0.29) is 33.9 Å². The first-order chi connectivity index (χ1) is 9.82. The number of hydrogen-bond acceptors (Lipinski definition) is 4. The number of sulfonamides is 1. The Morgan fingerprint density at radius 1 is 1.43 bits per heavy atom. The second kappa shape index (κ2) is 6.27. The highest BCUT2D eigenvalue weighted by Gasteiger charge is 2.29. The second-order valence-corrected chi connectivity index (χ2v) is 7.30. The molecule has 0 aliphatic carbocycles. The van der Waals surface area contributed by atoms with Crippen LogP contribution in [0.15, 0.2) is 23.1 Å². The summed E-state index contributed by atoms with van der Waals surface area (Å²) in [5, 5.41) is 2.66. The topological polar surface area (TPSA) is 92.5 Å². The van der Waals surface area contributed by atoms with Gasteiger partial charge in [0.2, 0.25) is 15.9 Å². The third-order valence-electron chi connectivity index (χ3n) is 3.06. The van der Waals surface area contributed by atoms with E-state index in [1.807, 2.05) is 0 Å². The molecule has 1 fully saturated rings. The van der Waals surface area contributed by atoms with Gasteiger partial charge in [-0.05, 0) is 18.6 Å². The van der Waals surface area contributed by atoms with Crippen molar-refractivity contribution >= 4 is 44.7 Å². The van der Waals surface area contributed by atoms with Crippen molar-refractivity contribution in [3.63, 3.8) is 0 Å². The van der Waals surface area contributed by atoms with Gasteiger partial charge in [0.05, 0.1) is 11.6 Å².